The fourth-order valence-electron chi connectivity index (χ4n) is 2.94. The second kappa shape index (κ2) is 5.89. The van der Waals surface area contributed by atoms with Crippen LogP contribution in [0.15, 0.2) is 48.5 Å². The second-order valence-corrected chi connectivity index (χ2v) is 5.74. The molecule has 2 N–H and O–H groups in total. The van der Waals surface area contributed by atoms with Gasteiger partial charge in [0.25, 0.3) is 0 Å². The predicted octanol–water partition coefficient (Wildman–Crippen LogP) is 3.05. The van der Waals surface area contributed by atoms with Crippen molar-refractivity contribution in [2.24, 2.45) is 11.7 Å². The first-order valence-corrected chi connectivity index (χ1v) is 7.48. The molecule has 4 heteroatoms. The number of anilines is 1. The Hall–Kier alpha value is -2.20. The van der Waals surface area contributed by atoms with Gasteiger partial charge in [-0.1, -0.05) is 43.3 Å². The fraction of sp³-hybridized carbons (Fsp3) is 0.278. The summed E-state index contributed by atoms with van der Waals surface area (Å²) < 4.78 is 13.5. The van der Waals surface area contributed by atoms with Crippen molar-refractivity contribution < 1.29 is 9.18 Å². The predicted molar refractivity (Wildman–Crippen MR) is 85.0 cm³/mol. The van der Waals surface area contributed by atoms with Gasteiger partial charge in [0.05, 0.1) is 5.92 Å². The first-order chi connectivity index (χ1) is 10.6. The van der Waals surface area contributed by atoms with Crippen LogP contribution in [0.5, 0.6) is 0 Å². The Labute approximate surface area is 129 Å². The van der Waals surface area contributed by atoms with Crippen LogP contribution in [0.1, 0.15) is 24.1 Å². The molecule has 2 aromatic rings. The molecule has 0 bridgehead atoms. The minimum Gasteiger partial charge on any atom is -0.323 e. The van der Waals surface area contributed by atoms with Crippen molar-refractivity contribution in [2.75, 3.05) is 11.4 Å². The quantitative estimate of drug-likeness (QED) is 0.946. The van der Waals surface area contributed by atoms with Gasteiger partial charge in [-0.25, -0.2) is 4.39 Å². The molecule has 0 spiro atoms. The second-order valence-electron chi connectivity index (χ2n) is 5.74. The number of hydrogen-bond donors (Lipinski definition) is 1. The van der Waals surface area contributed by atoms with Crippen molar-refractivity contribution >= 4 is 11.6 Å². The van der Waals surface area contributed by atoms with E-state index in [0.717, 1.165) is 17.5 Å². The van der Waals surface area contributed by atoms with Gasteiger partial charge < -0.3 is 10.6 Å². The summed E-state index contributed by atoms with van der Waals surface area (Å²) in [5.41, 5.74) is 8.86. The molecule has 1 heterocycles. The topological polar surface area (TPSA) is 46.3 Å². The number of benzene rings is 2. The number of fused-ring (bicyclic) bond motifs is 1. The highest BCUT2D eigenvalue weighted by Crippen LogP contribution is 2.31. The third-order valence-electron chi connectivity index (χ3n) is 4.32. The minimum atomic E-state index is -0.369. The van der Waals surface area contributed by atoms with Crippen molar-refractivity contribution in [3.05, 3.63) is 65.5 Å². The van der Waals surface area contributed by atoms with Gasteiger partial charge in [0.15, 0.2) is 0 Å². The van der Waals surface area contributed by atoms with Crippen LogP contribution in [0.3, 0.4) is 0 Å². The van der Waals surface area contributed by atoms with Gasteiger partial charge in [-0.15, -0.1) is 0 Å². The van der Waals surface area contributed by atoms with E-state index >= 15 is 0 Å². The van der Waals surface area contributed by atoms with E-state index in [2.05, 4.69) is 0 Å². The molecule has 2 unspecified atom stereocenters. The van der Waals surface area contributed by atoms with Crippen LogP contribution in [-0.2, 0) is 11.2 Å². The van der Waals surface area contributed by atoms with Crippen molar-refractivity contribution in [3.8, 4) is 0 Å². The first-order valence-electron chi connectivity index (χ1n) is 7.48. The molecule has 0 saturated heterocycles. The van der Waals surface area contributed by atoms with Crippen molar-refractivity contribution in [1.82, 2.24) is 0 Å². The van der Waals surface area contributed by atoms with E-state index in [0.29, 0.717) is 12.2 Å². The third-order valence-corrected chi connectivity index (χ3v) is 4.32. The summed E-state index contributed by atoms with van der Waals surface area (Å²) in [6, 6.07) is 13.8. The van der Waals surface area contributed by atoms with E-state index < -0.39 is 0 Å². The van der Waals surface area contributed by atoms with Crippen LogP contribution in [0.2, 0.25) is 0 Å². The number of rotatable bonds is 3. The maximum atomic E-state index is 13.5. The molecule has 0 fully saturated rings. The van der Waals surface area contributed by atoms with Gasteiger partial charge in [-0.3, -0.25) is 4.79 Å². The Morgan fingerprint density at radius 2 is 1.95 bits per heavy atom. The summed E-state index contributed by atoms with van der Waals surface area (Å²) in [5, 5.41) is 0. The molecule has 0 aromatic heterocycles. The first kappa shape index (κ1) is 14.7. The van der Waals surface area contributed by atoms with E-state index in [4.69, 9.17) is 5.73 Å². The molecule has 22 heavy (non-hydrogen) atoms. The molecule has 2 atom stereocenters. The number of nitrogens with two attached hydrogens (primary N) is 1. The standard InChI is InChI=1S/C18H19FN2O/c1-12(17(20)14-5-3-2-4-6-14)18(22)21-10-9-13-7-8-15(19)11-16(13)21/h2-8,11-12,17H,9-10,20H2,1H3. The summed E-state index contributed by atoms with van der Waals surface area (Å²) in [7, 11) is 0. The number of nitrogens with zero attached hydrogens (tertiary/aromatic N) is 1. The summed E-state index contributed by atoms with van der Waals surface area (Å²) in [5.74, 6) is -0.740. The average molecular weight is 298 g/mol. The van der Waals surface area contributed by atoms with Crippen LogP contribution in [0.4, 0.5) is 10.1 Å². The Morgan fingerprint density at radius 3 is 2.68 bits per heavy atom. The lowest BCUT2D eigenvalue weighted by molar-refractivity contribution is -0.122. The monoisotopic (exact) mass is 298 g/mol. The SMILES string of the molecule is CC(C(=O)N1CCc2ccc(F)cc21)C(N)c1ccccc1. The van der Waals surface area contributed by atoms with E-state index in [1.54, 1.807) is 11.0 Å². The molecule has 1 amide bonds. The lowest BCUT2D eigenvalue weighted by Crippen LogP contribution is -2.38. The van der Waals surface area contributed by atoms with Gasteiger partial charge in [-0.05, 0) is 29.7 Å². The summed E-state index contributed by atoms with van der Waals surface area (Å²) >= 11 is 0. The molecular formula is C18H19FN2O. The van der Waals surface area contributed by atoms with Crippen LogP contribution in [0.25, 0.3) is 0 Å². The number of carbonyl (C=O) groups is 1. The van der Waals surface area contributed by atoms with E-state index in [1.807, 2.05) is 37.3 Å². The lowest BCUT2D eigenvalue weighted by Gasteiger charge is -2.25. The Morgan fingerprint density at radius 1 is 1.23 bits per heavy atom. The maximum absolute atomic E-state index is 13.5. The van der Waals surface area contributed by atoms with Crippen molar-refractivity contribution in [2.45, 2.75) is 19.4 Å². The van der Waals surface area contributed by atoms with Crippen molar-refractivity contribution in [3.63, 3.8) is 0 Å². The molecule has 1 aliphatic heterocycles. The van der Waals surface area contributed by atoms with Gasteiger partial charge >= 0.3 is 0 Å². The zero-order valence-electron chi connectivity index (χ0n) is 12.5. The molecule has 3 rings (SSSR count). The zero-order chi connectivity index (χ0) is 15.7. The molecule has 2 aromatic carbocycles. The molecule has 1 aliphatic rings. The maximum Gasteiger partial charge on any atom is 0.231 e. The Bertz CT molecular complexity index is 687. The fourth-order valence-corrected chi connectivity index (χ4v) is 2.94. The van der Waals surface area contributed by atoms with Gasteiger partial charge in [0.1, 0.15) is 5.82 Å². The smallest absolute Gasteiger partial charge is 0.231 e. The largest absolute Gasteiger partial charge is 0.323 e. The van der Waals surface area contributed by atoms with Crippen molar-refractivity contribution in [1.29, 1.82) is 0 Å². The highest BCUT2D eigenvalue weighted by atomic mass is 19.1. The minimum absolute atomic E-state index is 0.0549. The molecule has 0 saturated carbocycles. The van der Waals surface area contributed by atoms with Gasteiger partial charge in [-0.2, -0.15) is 0 Å². The van der Waals surface area contributed by atoms with Crippen LogP contribution < -0.4 is 10.6 Å². The van der Waals surface area contributed by atoms with Gasteiger partial charge in [0.2, 0.25) is 5.91 Å². The molecule has 3 nitrogen and oxygen atoms in total. The summed E-state index contributed by atoms with van der Waals surface area (Å²) in [6.45, 7) is 2.42. The van der Waals surface area contributed by atoms with E-state index in [9.17, 15) is 9.18 Å². The lowest BCUT2D eigenvalue weighted by atomic mass is 9.94. The van der Waals surface area contributed by atoms with E-state index in [-0.39, 0.29) is 23.7 Å². The molecule has 114 valence electrons. The Kier molecular flexibility index (Phi) is 3.94. The number of carbonyl (C=O) groups excluding carboxylic acids is 1. The summed E-state index contributed by atoms with van der Waals surface area (Å²) in [4.78, 5) is 14.4. The van der Waals surface area contributed by atoms with Crippen LogP contribution in [-0.4, -0.2) is 12.5 Å². The Balaban J connectivity index is 1.82. The zero-order valence-corrected chi connectivity index (χ0v) is 12.5. The highest BCUT2D eigenvalue weighted by molar-refractivity contribution is 5.97. The number of hydrogen-bond acceptors (Lipinski definition) is 2. The van der Waals surface area contributed by atoms with Gasteiger partial charge in [0, 0.05) is 18.3 Å². The number of amides is 1. The molecule has 0 radical (unpaired) electrons. The molecular weight excluding hydrogens is 279 g/mol. The number of halogens is 1. The highest BCUT2D eigenvalue weighted by Gasteiger charge is 2.31. The molecule has 0 aliphatic carbocycles. The van der Waals surface area contributed by atoms with Crippen LogP contribution >= 0.6 is 0 Å². The van der Waals surface area contributed by atoms with E-state index in [1.165, 1.54) is 12.1 Å². The summed E-state index contributed by atoms with van der Waals surface area (Å²) in [6.07, 6.45) is 0.759. The normalized spacial score (nSPS) is 16.2. The third kappa shape index (κ3) is 2.62. The van der Waals surface area contributed by atoms with Crippen LogP contribution in [0, 0.1) is 11.7 Å². The average Bonchev–Trinajstić information content (AvgIpc) is 2.96.